The predicted octanol–water partition coefficient (Wildman–Crippen LogP) is 1.76. The first-order valence-electron chi connectivity index (χ1n) is 6.75. The highest BCUT2D eigenvalue weighted by atomic mass is 32.2. The predicted molar refractivity (Wildman–Crippen MR) is 81.9 cm³/mol. The second-order valence-corrected chi connectivity index (χ2v) is 6.40. The van der Waals surface area contributed by atoms with Crippen molar-refractivity contribution in [3.8, 4) is 5.75 Å². The van der Waals surface area contributed by atoms with E-state index in [-0.39, 0.29) is 6.61 Å². The largest absolute Gasteiger partial charge is 0.483 e. The number of carbonyl (C=O) groups excluding carboxylic acids is 1. The lowest BCUT2D eigenvalue weighted by molar-refractivity contribution is -0.146. The molecule has 1 aliphatic rings. The summed E-state index contributed by atoms with van der Waals surface area (Å²) < 4.78 is 5.50. The van der Waals surface area contributed by atoms with Crippen LogP contribution in [0, 0.1) is 13.8 Å². The number of rotatable bonds is 5. The Hall–Kier alpha value is -1.69. The molecule has 2 N–H and O–H groups in total. The third-order valence-electron chi connectivity index (χ3n) is 3.51. The summed E-state index contributed by atoms with van der Waals surface area (Å²) in [5.41, 5.74) is 0.843. The molecule has 21 heavy (non-hydrogen) atoms. The summed E-state index contributed by atoms with van der Waals surface area (Å²) in [6.45, 7) is 3.67. The first-order valence-corrected chi connectivity index (χ1v) is 7.91. The van der Waals surface area contributed by atoms with Gasteiger partial charge < -0.3 is 15.2 Å². The zero-order valence-corrected chi connectivity index (χ0v) is 13.0. The summed E-state index contributed by atoms with van der Waals surface area (Å²) >= 11 is 1.53. The van der Waals surface area contributed by atoms with Crippen molar-refractivity contribution in [1.82, 2.24) is 5.32 Å². The smallest absolute Gasteiger partial charge is 0.330 e. The molecule has 5 nitrogen and oxygen atoms in total. The van der Waals surface area contributed by atoms with Crippen molar-refractivity contribution in [2.75, 3.05) is 18.1 Å². The zero-order chi connectivity index (χ0) is 15.5. The van der Waals surface area contributed by atoms with Crippen LogP contribution in [0.5, 0.6) is 5.75 Å². The molecule has 1 unspecified atom stereocenters. The molecule has 1 atom stereocenters. The number of aryl methyl sites for hydroxylation is 2. The van der Waals surface area contributed by atoms with E-state index in [1.807, 2.05) is 32.0 Å². The molecule has 1 aromatic carbocycles. The maximum absolute atomic E-state index is 12.0. The molecule has 0 saturated carbocycles. The molecule has 0 bridgehead atoms. The van der Waals surface area contributed by atoms with Gasteiger partial charge in [-0.15, -0.1) is 0 Å². The molecule has 0 aliphatic carbocycles. The van der Waals surface area contributed by atoms with E-state index in [2.05, 4.69) is 5.32 Å². The average Bonchev–Trinajstić information content (AvgIpc) is 2.89. The molecule has 0 aromatic heterocycles. The average molecular weight is 309 g/mol. The summed E-state index contributed by atoms with van der Waals surface area (Å²) in [6.07, 6.45) is 0.447. The van der Waals surface area contributed by atoms with Crippen molar-refractivity contribution in [2.45, 2.75) is 25.8 Å². The highest BCUT2D eigenvalue weighted by Crippen LogP contribution is 2.28. The van der Waals surface area contributed by atoms with E-state index < -0.39 is 17.4 Å². The topological polar surface area (TPSA) is 75.6 Å². The van der Waals surface area contributed by atoms with Gasteiger partial charge >= 0.3 is 5.97 Å². The van der Waals surface area contributed by atoms with E-state index in [9.17, 15) is 14.7 Å². The monoisotopic (exact) mass is 309 g/mol. The Labute approximate surface area is 128 Å². The molecular formula is C15H19NO4S. The van der Waals surface area contributed by atoms with Crippen molar-refractivity contribution < 1.29 is 19.4 Å². The number of amides is 1. The molecule has 0 radical (unpaired) electrons. The SMILES string of the molecule is Cc1ccc(C)c(OCC(=O)NC2(C(=O)O)CCSC2)c1. The molecule has 1 amide bonds. The Morgan fingerprint density at radius 3 is 2.81 bits per heavy atom. The summed E-state index contributed by atoms with van der Waals surface area (Å²) in [5, 5.41) is 11.9. The van der Waals surface area contributed by atoms with Gasteiger partial charge in [0.2, 0.25) is 0 Å². The lowest BCUT2D eigenvalue weighted by Gasteiger charge is -2.24. The first kappa shape index (κ1) is 15.7. The van der Waals surface area contributed by atoms with Crippen LogP contribution in [0.3, 0.4) is 0 Å². The van der Waals surface area contributed by atoms with Gasteiger partial charge in [-0.25, -0.2) is 4.79 Å². The maximum Gasteiger partial charge on any atom is 0.330 e. The van der Waals surface area contributed by atoms with Crippen LogP contribution in [0.4, 0.5) is 0 Å². The number of carbonyl (C=O) groups is 2. The van der Waals surface area contributed by atoms with Crippen molar-refractivity contribution in [1.29, 1.82) is 0 Å². The molecular weight excluding hydrogens is 290 g/mol. The van der Waals surface area contributed by atoms with Gasteiger partial charge in [0.25, 0.3) is 5.91 Å². The van der Waals surface area contributed by atoms with Crippen molar-refractivity contribution in [3.05, 3.63) is 29.3 Å². The van der Waals surface area contributed by atoms with Gasteiger partial charge in [-0.2, -0.15) is 11.8 Å². The van der Waals surface area contributed by atoms with E-state index >= 15 is 0 Å². The fraction of sp³-hybridized carbons (Fsp3) is 0.467. The molecule has 1 heterocycles. The number of aliphatic carboxylic acids is 1. The van der Waals surface area contributed by atoms with Crippen LogP contribution in [0.2, 0.25) is 0 Å². The minimum atomic E-state index is -1.15. The van der Waals surface area contributed by atoms with Gasteiger partial charge in [0.05, 0.1) is 0 Å². The van der Waals surface area contributed by atoms with Crippen molar-refractivity contribution >= 4 is 23.6 Å². The van der Waals surface area contributed by atoms with Gasteiger partial charge in [-0.1, -0.05) is 12.1 Å². The van der Waals surface area contributed by atoms with Gasteiger partial charge in [0.15, 0.2) is 6.61 Å². The Kier molecular flexibility index (Phi) is 4.77. The summed E-state index contributed by atoms with van der Waals surface area (Å²) in [6, 6.07) is 5.76. The summed E-state index contributed by atoms with van der Waals surface area (Å²) in [5.74, 6) is 0.408. The van der Waals surface area contributed by atoms with Crippen LogP contribution >= 0.6 is 11.8 Å². The number of ether oxygens (including phenoxy) is 1. The minimum absolute atomic E-state index is 0.177. The molecule has 114 valence electrons. The maximum atomic E-state index is 12.0. The van der Waals surface area contributed by atoms with Crippen molar-refractivity contribution in [3.63, 3.8) is 0 Å². The van der Waals surface area contributed by atoms with Gasteiger partial charge in [0, 0.05) is 5.75 Å². The zero-order valence-electron chi connectivity index (χ0n) is 12.1. The number of hydrogen-bond acceptors (Lipinski definition) is 4. The van der Waals surface area contributed by atoms with Crippen LogP contribution in [-0.4, -0.2) is 40.6 Å². The van der Waals surface area contributed by atoms with E-state index in [1.165, 1.54) is 11.8 Å². The third-order valence-corrected chi connectivity index (χ3v) is 4.70. The standard InChI is InChI=1S/C15H19NO4S/c1-10-3-4-11(2)12(7-10)20-8-13(17)16-15(14(18)19)5-6-21-9-15/h3-4,7H,5-6,8-9H2,1-2H3,(H,16,17)(H,18,19). The number of thioether (sulfide) groups is 1. The Bertz CT molecular complexity index is 553. The minimum Gasteiger partial charge on any atom is -0.483 e. The number of benzene rings is 1. The normalized spacial score (nSPS) is 21.0. The van der Waals surface area contributed by atoms with E-state index in [4.69, 9.17) is 4.74 Å². The van der Waals surface area contributed by atoms with Crippen LogP contribution < -0.4 is 10.1 Å². The van der Waals surface area contributed by atoms with Gasteiger partial charge in [-0.05, 0) is 43.2 Å². The van der Waals surface area contributed by atoms with E-state index in [0.29, 0.717) is 17.9 Å². The summed E-state index contributed by atoms with van der Waals surface area (Å²) in [7, 11) is 0. The Balaban J connectivity index is 1.96. The number of nitrogens with one attached hydrogen (secondary N) is 1. The lowest BCUT2D eigenvalue weighted by Crippen LogP contribution is -2.55. The molecule has 1 aromatic rings. The van der Waals surface area contributed by atoms with E-state index in [0.717, 1.165) is 16.9 Å². The number of carboxylic acids is 1. The second-order valence-electron chi connectivity index (χ2n) is 5.30. The highest BCUT2D eigenvalue weighted by Gasteiger charge is 2.43. The van der Waals surface area contributed by atoms with Crippen LogP contribution in [-0.2, 0) is 9.59 Å². The Morgan fingerprint density at radius 2 is 2.19 bits per heavy atom. The lowest BCUT2D eigenvalue weighted by atomic mass is 9.99. The molecule has 1 fully saturated rings. The molecule has 1 aliphatic heterocycles. The fourth-order valence-electron chi connectivity index (χ4n) is 2.19. The first-order chi connectivity index (χ1) is 9.93. The summed E-state index contributed by atoms with van der Waals surface area (Å²) in [4.78, 5) is 23.3. The van der Waals surface area contributed by atoms with E-state index in [1.54, 1.807) is 0 Å². The van der Waals surface area contributed by atoms with Crippen LogP contribution in [0.25, 0.3) is 0 Å². The number of hydrogen-bond donors (Lipinski definition) is 2. The molecule has 0 spiro atoms. The van der Waals surface area contributed by atoms with Crippen LogP contribution in [0.1, 0.15) is 17.5 Å². The fourth-order valence-corrected chi connectivity index (χ4v) is 3.52. The molecule has 1 saturated heterocycles. The second kappa shape index (κ2) is 6.39. The molecule has 2 rings (SSSR count). The van der Waals surface area contributed by atoms with Gasteiger partial charge in [-0.3, -0.25) is 4.79 Å². The van der Waals surface area contributed by atoms with Crippen LogP contribution in [0.15, 0.2) is 18.2 Å². The highest BCUT2D eigenvalue weighted by molar-refractivity contribution is 7.99. The van der Waals surface area contributed by atoms with Crippen molar-refractivity contribution in [2.24, 2.45) is 0 Å². The van der Waals surface area contributed by atoms with Gasteiger partial charge in [0.1, 0.15) is 11.3 Å². The quantitative estimate of drug-likeness (QED) is 0.867. The number of carboxylic acid groups (broad SMARTS) is 1. The Morgan fingerprint density at radius 1 is 1.43 bits per heavy atom. The molecule has 6 heteroatoms. The third kappa shape index (κ3) is 3.69.